The molecule has 0 radical (unpaired) electrons. The van der Waals surface area contributed by atoms with E-state index >= 15 is 0 Å². The maximum absolute atomic E-state index is 14.7. The van der Waals surface area contributed by atoms with Gasteiger partial charge in [-0.2, -0.15) is 5.10 Å². The Balaban J connectivity index is 1.66. The molecule has 6 N–H and O–H groups in total. The van der Waals surface area contributed by atoms with Crippen LogP contribution in [0.5, 0.6) is 0 Å². The van der Waals surface area contributed by atoms with E-state index in [2.05, 4.69) is 20.7 Å². The Labute approximate surface area is 182 Å². The highest BCUT2D eigenvalue weighted by Crippen LogP contribution is 2.28. The predicted molar refractivity (Wildman–Crippen MR) is 116 cm³/mol. The molecule has 0 spiro atoms. The molecule has 32 heavy (non-hydrogen) atoms. The molecule has 3 aromatic rings. The molecule has 2 aromatic heterocycles. The maximum Gasteiger partial charge on any atom is 0.257 e. The SMILES string of the molecule is NC(=O)c1cc(F)c(N[C@@H]2CCCC[C@@H]2N)nc1Nc1ccc2cnn(CC(F)F)c2c1. The Bertz CT molecular complexity index is 1130. The van der Waals surface area contributed by atoms with Gasteiger partial charge in [0.25, 0.3) is 12.3 Å². The highest BCUT2D eigenvalue weighted by molar-refractivity contribution is 5.99. The molecule has 0 saturated heterocycles. The molecule has 1 fully saturated rings. The van der Waals surface area contributed by atoms with E-state index in [0.29, 0.717) is 16.6 Å². The van der Waals surface area contributed by atoms with Crippen LogP contribution in [0.4, 0.5) is 30.5 Å². The fourth-order valence-electron chi connectivity index (χ4n) is 3.95. The summed E-state index contributed by atoms with van der Waals surface area (Å²) in [6.45, 7) is -0.552. The zero-order valence-electron chi connectivity index (χ0n) is 17.2. The van der Waals surface area contributed by atoms with Crippen molar-refractivity contribution in [1.29, 1.82) is 0 Å². The number of nitrogens with one attached hydrogen (secondary N) is 2. The van der Waals surface area contributed by atoms with Crippen molar-refractivity contribution in [3.05, 3.63) is 41.8 Å². The second kappa shape index (κ2) is 9.03. The first-order valence-corrected chi connectivity index (χ1v) is 10.3. The quantitative estimate of drug-likeness (QED) is 0.440. The summed E-state index contributed by atoms with van der Waals surface area (Å²) in [5, 5.41) is 10.6. The smallest absolute Gasteiger partial charge is 0.257 e. The average Bonchev–Trinajstić information content (AvgIpc) is 3.13. The van der Waals surface area contributed by atoms with Crippen molar-refractivity contribution in [1.82, 2.24) is 14.8 Å². The number of anilines is 3. The van der Waals surface area contributed by atoms with Crippen LogP contribution in [0.2, 0.25) is 0 Å². The number of rotatable bonds is 7. The van der Waals surface area contributed by atoms with Crippen LogP contribution >= 0.6 is 0 Å². The number of carbonyl (C=O) groups excluding carboxylic acids is 1. The van der Waals surface area contributed by atoms with E-state index < -0.39 is 24.7 Å². The monoisotopic (exact) mass is 447 g/mol. The predicted octanol–water partition coefficient (Wildman–Crippen LogP) is 3.36. The lowest BCUT2D eigenvalue weighted by Crippen LogP contribution is -2.43. The van der Waals surface area contributed by atoms with Crippen molar-refractivity contribution in [2.45, 2.75) is 50.7 Å². The van der Waals surface area contributed by atoms with E-state index in [1.54, 1.807) is 18.2 Å². The minimum atomic E-state index is -2.56. The largest absolute Gasteiger partial charge is 0.365 e. The minimum Gasteiger partial charge on any atom is -0.365 e. The first-order chi connectivity index (χ1) is 15.3. The molecule has 2 atom stereocenters. The Kier molecular flexibility index (Phi) is 6.17. The third-order valence-electron chi connectivity index (χ3n) is 5.60. The van der Waals surface area contributed by atoms with Crippen LogP contribution < -0.4 is 22.1 Å². The van der Waals surface area contributed by atoms with Gasteiger partial charge in [-0.25, -0.2) is 18.2 Å². The standard InChI is InChI=1S/C21H24F3N7O/c22-14-8-13(19(26)32)20(30-21(14)29-16-4-2-1-3-15(16)25)28-12-6-5-11-9-27-31(10-18(23)24)17(11)7-12/h5-9,15-16,18H,1-4,10,25H2,(H2,26,32)(H2,28,29,30)/t15-,16+/m0/s1. The molecular weight excluding hydrogens is 423 g/mol. The lowest BCUT2D eigenvalue weighted by atomic mass is 9.91. The van der Waals surface area contributed by atoms with Gasteiger partial charge in [0.15, 0.2) is 11.6 Å². The molecule has 0 bridgehead atoms. The summed E-state index contributed by atoms with van der Waals surface area (Å²) in [7, 11) is 0. The number of carbonyl (C=O) groups is 1. The number of hydrogen-bond acceptors (Lipinski definition) is 6. The number of hydrogen-bond donors (Lipinski definition) is 4. The second-order valence-corrected chi connectivity index (χ2v) is 7.89. The number of nitrogens with zero attached hydrogens (tertiary/aromatic N) is 3. The Morgan fingerprint density at radius 1 is 1.22 bits per heavy atom. The zero-order valence-corrected chi connectivity index (χ0v) is 17.2. The summed E-state index contributed by atoms with van der Waals surface area (Å²) < 4.78 is 41.5. The van der Waals surface area contributed by atoms with Crippen LogP contribution in [0.25, 0.3) is 10.9 Å². The maximum atomic E-state index is 14.7. The van der Waals surface area contributed by atoms with Crippen molar-refractivity contribution in [2.24, 2.45) is 11.5 Å². The van der Waals surface area contributed by atoms with Crippen LogP contribution in [-0.4, -0.2) is 39.2 Å². The number of primary amides is 1. The highest BCUT2D eigenvalue weighted by Gasteiger charge is 2.24. The number of alkyl halides is 2. The van der Waals surface area contributed by atoms with E-state index in [9.17, 15) is 18.0 Å². The number of benzene rings is 1. The number of halogens is 3. The third-order valence-corrected chi connectivity index (χ3v) is 5.60. The fraction of sp³-hybridized carbons (Fsp3) is 0.381. The summed E-state index contributed by atoms with van der Waals surface area (Å²) in [6, 6.07) is 5.73. The lowest BCUT2D eigenvalue weighted by Gasteiger charge is -2.30. The molecular formula is C21H24F3N7O. The molecule has 11 heteroatoms. The molecule has 4 rings (SSSR count). The molecule has 2 heterocycles. The number of fused-ring (bicyclic) bond motifs is 1. The number of pyridine rings is 1. The molecule has 170 valence electrons. The first kappa shape index (κ1) is 21.9. The van der Waals surface area contributed by atoms with Crippen molar-refractivity contribution >= 4 is 34.1 Å². The van der Waals surface area contributed by atoms with Crippen LogP contribution in [0, 0.1) is 5.82 Å². The van der Waals surface area contributed by atoms with Crippen LogP contribution in [0.1, 0.15) is 36.0 Å². The van der Waals surface area contributed by atoms with Gasteiger partial charge in [-0.05, 0) is 37.1 Å². The molecule has 1 aliphatic rings. The van der Waals surface area contributed by atoms with E-state index in [1.807, 2.05) is 0 Å². The van der Waals surface area contributed by atoms with Gasteiger partial charge in [0.2, 0.25) is 0 Å². The van der Waals surface area contributed by atoms with Crippen molar-refractivity contribution in [2.75, 3.05) is 10.6 Å². The number of amides is 1. The molecule has 1 saturated carbocycles. The van der Waals surface area contributed by atoms with Gasteiger partial charge >= 0.3 is 0 Å². The van der Waals surface area contributed by atoms with Crippen LogP contribution in [0.15, 0.2) is 30.5 Å². The van der Waals surface area contributed by atoms with Crippen molar-refractivity contribution in [3.8, 4) is 0 Å². The summed E-state index contributed by atoms with van der Waals surface area (Å²) in [5.74, 6) is -1.56. The third kappa shape index (κ3) is 4.62. The molecule has 0 unspecified atom stereocenters. The number of nitrogens with two attached hydrogens (primary N) is 2. The van der Waals surface area contributed by atoms with Gasteiger partial charge in [0.1, 0.15) is 12.4 Å². The fourth-order valence-corrected chi connectivity index (χ4v) is 3.95. The normalized spacial score (nSPS) is 18.8. The van der Waals surface area contributed by atoms with E-state index in [-0.39, 0.29) is 29.3 Å². The second-order valence-electron chi connectivity index (χ2n) is 7.89. The Morgan fingerprint density at radius 2 is 2.00 bits per heavy atom. The Morgan fingerprint density at radius 3 is 2.72 bits per heavy atom. The van der Waals surface area contributed by atoms with Gasteiger partial charge in [-0.3, -0.25) is 9.48 Å². The minimum absolute atomic E-state index is 0.0383. The van der Waals surface area contributed by atoms with Gasteiger partial charge in [0.05, 0.1) is 17.3 Å². The van der Waals surface area contributed by atoms with Gasteiger partial charge in [-0.1, -0.05) is 12.8 Å². The van der Waals surface area contributed by atoms with Crippen molar-refractivity contribution < 1.29 is 18.0 Å². The summed E-state index contributed by atoms with van der Waals surface area (Å²) in [5.41, 5.74) is 12.4. The van der Waals surface area contributed by atoms with Crippen LogP contribution in [-0.2, 0) is 6.54 Å². The van der Waals surface area contributed by atoms with E-state index in [4.69, 9.17) is 11.5 Å². The van der Waals surface area contributed by atoms with Gasteiger partial charge in [0, 0.05) is 23.2 Å². The van der Waals surface area contributed by atoms with Crippen molar-refractivity contribution in [3.63, 3.8) is 0 Å². The zero-order chi connectivity index (χ0) is 22.8. The van der Waals surface area contributed by atoms with Gasteiger partial charge < -0.3 is 22.1 Å². The molecule has 0 aliphatic heterocycles. The summed E-state index contributed by atoms with van der Waals surface area (Å²) in [6.07, 6.45) is 2.54. The lowest BCUT2D eigenvalue weighted by molar-refractivity contribution is 0.1000. The molecule has 8 nitrogen and oxygen atoms in total. The molecule has 1 aromatic carbocycles. The van der Waals surface area contributed by atoms with Gasteiger partial charge in [-0.15, -0.1) is 0 Å². The molecule has 1 aliphatic carbocycles. The highest BCUT2D eigenvalue weighted by atomic mass is 19.3. The summed E-state index contributed by atoms with van der Waals surface area (Å²) >= 11 is 0. The topological polar surface area (TPSA) is 124 Å². The summed E-state index contributed by atoms with van der Waals surface area (Å²) in [4.78, 5) is 16.2. The Hall–Kier alpha value is -3.34. The van der Waals surface area contributed by atoms with Crippen LogP contribution in [0.3, 0.4) is 0 Å². The number of aromatic nitrogens is 3. The average molecular weight is 447 g/mol. The first-order valence-electron chi connectivity index (χ1n) is 10.3. The van der Waals surface area contributed by atoms with E-state index in [1.165, 1.54) is 10.9 Å². The molecule has 1 amide bonds. The van der Waals surface area contributed by atoms with E-state index in [0.717, 1.165) is 31.7 Å².